The van der Waals surface area contributed by atoms with Crippen LogP contribution < -0.4 is 9.64 Å². The van der Waals surface area contributed by atoms with Gasteiger partial charge in [0.15, 0.2) is 11.6 Å². The topological polar surface area (TPSA) is 66.8 Å². The van der Waals surface area contributed by atoms with Gasteiger partial charge in [-0.25, -0.2) is 4.39 Å². The van der Waals surface area contributed by atoms with Crippen LogP contribution in [0.5, 0.6) is 5.75 Å². The molecule has 0 unspecified atom stereocenters. The lowest BCUT2D eigenvalue weighted by molar-refractivity contribution is -0.139. The molecule has 2 atom stereocenters. The number of methoxy groups -OCH3 is 1. The van der Waals surface area contributed by atoms with E-state index < -0.39 is 17.7 Å². The number of amides is 1. The third-order valence-electron chi connectivity index (χ3n) is 4.50. The number of rotatable bonds is 3. The fraction of sp³-hybridized carbons (Fsp3) is 0.263. The minimum Gasteiger partial charge on any atom is -0.494 e. The molecule has 0 spiro atoms. The van der Waals surface area contributed by atoms with Gasteiger partial charge in [-0.15, -0.1) is 0 Å². The van der Waals surface area contributed by atoms with E-state index in [1.165, 1.54) is 24.1 Å². The first-order valence-corrected chi connectivity index (χ1v) is 7.93. The fourth-order valence-corrected chi connectivity index (χ4v) is 3.29. The maximum Gasteiger partial charge on any atom is 0.311 e. The molecule has 0 fully saturated rings. The van der Waals surface area contributed by atoms with E-state index in [1.807, 2.05) is 0 Å². The van der Waals surface area contributed by atoms with E-state index in [0.717, 1.165) is 6.07 Å². The van der Waals surface area contributed by atoms with Crippen molar-refractivity contribution in [1.82, 2.24) is 0 Å². The number of anilines is 1. The maximum atomic E-state index is 14.0. The summed E-state index contributed by atoms with van der Waals surface area (Å²) >= 11 is 0. The molecule has 1 heterocycles. The molecule has 0 bridgehead atoms. The molecule has 0 aromatic heterocycles. The molecule has 0 aliphatic carbocycles. The number of hydrogen-bond donors (Lipinski definition) is 1. The van der Waals surface area contributed by atoms with Crippen molar-refractivity contribution in [3.05, 3.63) is 59.4 Å². The molecular weight excluding hydrogens is 325 g/mol. The fourth-order valence-electron chi connectivity index (χ4n) is 3.29. The summed E-state index contributed by atoms with van der Waals surface area (Å²) in [7, 11) is 1.36. The first-order valence-electron chi connectivity index (χ1n) is 7.93. The van der Waals surface area contributed by atoms with E-state index in [-0.39, 0.29) is 23.3 Å². The lowest BCUT2D eigenvalue weighted by Crippen LogP contribution is -2.44. The maximum absolute atomic E-state index is 14.0. The predicted molar refractivity (Wildman–Crippen MR) is 90.7 cm³/mol. The molecule has 0 saturated carbocycles. The van der Waals surface area contributed by atoms with Gasteiger partial charge < -0.3 is 14.7 Å². The molecule has 130 valence electrons. The average molecular weight is 343 g/mol. The third-order valence-corrected chi connectivity index (χ3v) is 4.50. The monoisotopic (exact) mass is 343 g/mol. The Kier molecular flexibility index (Phi) is 4.44. The Labute approximate surface area is 144 Å². The van der Waals surface area contributed by atoms with E-state index in [4.69, 9.17) is 4.74 Å². The number of hydrogen-bond acceptors (Lipinski definition) is 3. The highest BCUT2D eigenvalue weighted by Gasteiger charge is 2.37. The summed E-state index contributed by atoms with van der Waals surface area (Å²) in [4.78, 5) is 26.1. The van der Waals surface area contributed by atoms with E-state index in [1.54, 1.807) is 31.2 Å². The van der Waals surface area contributed by atoms with Crippen LogP contribution in [0, 0.1) is 5.82 Å². The average Bonchev–Trinajstić information content (AvgIpc) is 2.60. The Balaban J connectivity index is 2.04. The molecule has 0 saturated heterocycles. The molecule has 5 nitrogen and oxygen atoms in total. The molecule has 2 aromatic rings. The van der Waals surface area contributed by atoms with Gasteiger partial charge >= 0.3 is 5.97 Å². The number of ether oxygens (including phenoxy) is 1. The minimum atomic E-state index is -0.915. The third kappa shape index (κ3) is 2.95. The Hall–Kier alpha value is -2.89. The summed E-state index contributed by atoms with van der Waals surface area (Å²) < 4.78 is 18.8. The number of carbonyl (C=O) groups excluding carboxylic acids is 1. The molecule has 25 heavy (non-hydrogen) atoms. The Morgan fingerprint density at radius 2 is 1.96 bits per heavy atom. The number of carbonyl (C=O) groups is 2. The molecule has 3 rings (SSSR count). The van der Waals surface area contributed by atoms with Crippen molar-refractivity contribution in [1.29, 1.82) is 0 Å². The number of benzene rings is 2. The number of halogens is 1. The first kappa shape index (κ1) is 17.0. The van der Waals surface area contributed by atoms with Crippen molar-refractivity contribution in [2.24, 2.45) is 0 Å². The summed E-state index contributed by atoms with van der Waals surface area (Å²) in [5.41, 5.74) is 1.33. The van der Waals surface area contributed by atoms with Gasteiger partial charge in [0, 0.05) is 17.3 Å². The van der Waals surface area contributed by atoms with Crippen LogP contribution in [-0.4, -0.2) is 30.1 Å². The standard InChI is InChI=1S/C19H18FNO4/c1-11-9-14(19(23)24)13-5-3-4-6-16(13)21(11)18(22)12-7-8-17(25-2)15(20)10-12/h3-8,10-11,14H,9H2,1-2H3,(H,23,24)/t11-,14-/m0/s1. The van der Waals surface area contributed by atoms with Gasteiger partial charge in [-0.3, -0.25) is 9.59 Å². The number of nitrogens with zero attached hydrogens (tertiary/aromatic N) is 1. The Morgan fingerprint density at radius 1 is 1.24 bits per heavy atom. The molecule has 1 amide bonds. The van der Waals surface area contributed by atoms with Gasteiger partial charge in [0.1, 0.15) is 0 Å². The van der Waals surface area contributed by atoms with Crippen molar-refractivity contribution < 1.29 is 23.8 Å². The van der Waals surface area contributed by atoms with E-state index in [9.17, 15) is 19.1 Å². The van der Waals surface area contributed by atoms with Crippen molar-refractivity contribution in [3.63, 3.8) is 0 Å². The van der Waals surface area contributed by atoms with E-state index in [2.05, 4.69) is 0 Å². The first-order chi connectivity index (χ1) is 11.9. The summed E-state index contributed by atoms with van der Waals surface area (Å²) in [5, 5.41) is 9.47. The highest BCUT2D eigenvalue weighted by molar-refractivity contribution is 6.08. The summed E-state index contributed by atoms with van der Waals surface area (Å²) in [5.74, 6) is -2.50. The van der Waals surface area contributed by atoms with E-state index >= 15 is 0 Å². The van der Waals surface area contributed by atoms with Gasteiger partial charge in [0.2, 0.25) is 0 Å². The van der Waals surface area contributed by atoms with Crippen LogP contribution in [0.25, 0.3) is 0 Å². The highest BCUT2D eigenvalue weighted by Crippen LogP contribution is 2.39. The molecule has 6 heteroatoms. The molecule has 2 aromatic carbocycles. The second-order valence-corrected chi connectivity index (χ2v) is 6.06. The highest BCUT2D eigenvalue weighted by atomic mass is 19.1. The SMILES string of the molecule is COc1ccc(C(=O)N2c3ccccc3[C@@H](C(=O)O)C[C@@H]2C)cc1F. The second-order valence-electron chi connectivity index (χ2n) is 6.06. The number of fused-ring (bicyclic) bond motifs is 1. The van der Waals surface area contributed by atoms with Crippen LogP contribution in [0.2, 0.25) is 0 Å². The molecular formula is C19H18FNO4. The van der Waals surface area contributed by atoms with Crippen molar-refractivity contribution in [3.8, 4) is 5.75 Å². The summed E-state index contributed by atoms with van der Waals surface area (Å²) in [6.07, 6.45) is 0.302. The number of carboxylic acids is 1. The van der Waals surface area contributed by atoms with Crippen LogP contribution in [0.15, 0.2) is 42.5 Å². The molecule has 0 radical (unpaired) electrons. The predicted octanol–water partition coefficient (Wildman–Crippen LogP) is 3.44. The van der Waals surface area contributed by atoms with E-state index in [0.29, 0.717) is 17.7 Å². The second kappa shape index (κ2) is 6.55. The normalized spacial score (nSPS) is 19.2. The Morgan fingerprint density at radius 3 is 2.60 bits per heavy atom. The molecule has 1 aliphatic rings. The lowest BCUT2D eigenvalue weighted by atomic mass is 9.85. The lowest BCUT2D eigenvalue weighted by Gasteiger charge is -2.38. The zero-order valence-electron chi connectivity index (χ0n) is 13.9. The quantitative estimate of drug-likeness (QED) is 0.927. The van der Waals surface area contributed by atoms with Crippen LogP contribution in [0.1, 0.15) is 35.2 Å². The van der Waals surface area contributed by atoms with Crippen LogP contribution in [0.3, 0.4) is 0 Å². The van der Waals surface area contributed by atoms with Crippen molar-refractivity contribution >= 4 is 17.6 Å². The van der Waals surface area contributed by atoms with Gasteiger partial charge in [0.25, 0.3) is 5.91 Å². The molecule has 1 N–H and O–H groups in total. The van der Waals surface area contributed by atoms with Crippen LogP contribution in [-0.2, 0) is 4.79 Å². The van der Waals surface area contributed by atoms with Crippen LogP contribution >= 0.6 is 0 Å². The largest absolute Gasteiger partial charge is 0.494 e. The van der Waals surface area contributed by atoms with Gasteiger partial charge in [-0.05, 0) is 43.2 Å². The van der Waals surface area contributed by atoms with Gasteiger partial charge in [-0.2, -0.15) is 0 Å². The van der Waals surface area contributed by atoms with Crippen molar-refractivity contribution in [2.75, 3.05) is 12.0 Å². The number of carboxylic acid groups (broad SMARTS) is 1. The van der Waals surface area contributed by atoms with Gasteiger partial charge in [-0.1, -0.05) is 18.2 Å². The number of para-hydroxylation sites is 1. The zero-order chi connectivity index (χ0) is 18.1. The summed E-state index contributed by atoms with van der Waals surface area (Å²) in [6, 6.07) is 10.7. The summed E-state index contributed by atoms with van der Waals surface area (Å²) in [6.45, 7) is 1.80. The zero-order valence-corrected chi connectivity index (χ0v) is 13.9. The Bertz CT molecular complexity index is 836. The van der Waals surface area contributed by atoms with Crippen molar-refractivity contribution in [2.45, 2.75) is 25.3 Å². The number of aliphatic carboxylic acids is 1. The van der Waals surface area contributed by atoms with Gasteiger partial charge in [0.05, 0.1) is 13.0 Å². The molecule has 1 aliphatic heterocycles. The van der Waals surface area contributed by atoms with Crippen LogP contribution in [0.4, 0.5) is 10.1 Å². The smallest absolute Gasteiger partial charge is 0.311 e. The minimum absolute atomic E-state index is 0.0644.